The molecule has 1 aromatic heterocycles. The van der Waals surface area contributed by atoms with E-state index in [-0.39, 0.29) is 23.9 Å². The van der Waals surface area contributed by atoms with Crippen molar-refractivity contribution in [3.63, 3.8) is 0 Å². The van der Waals surface area contributed by atoms with Crippen molar-refractivity contribution >= 4 is 45.9 Å². The van der Waals surface area contributed by atoms with Crippen molar-refractivity contribution in [3.05, 3.63) is 93.5 Å². The van der Waals surface area contributed by atoms with Crippen LogP contribution in [0.15, 0.2) is 66.7 Å². The maximum absolute atomic E-state index is 12.9. The van der Waals surface area contributed by atoms with Crippen molar-refractivity contribution in [3.8, 4) is 5.75 Å². The van der Waals surface area contributed by atoms with Crippen molar-refractivity contribution in [1.82, 2.24) is 14.0 Å². The van der Waals surface area contributed by atoms with Crippen molar-refractivity contribution in [2.75, 3.05) is 20.7 Å². The highest BCUT2D eigenvalue weighted by molar-refractivity contribution is 6.35. The van der Waals surface area contributed by atoms with Crippen LogP contribution in [0.2, 0.25) is 10.0 Å². The van der Waals surface area contributed by atoms with Gasteiger partial charge in [0.1, 0.15) is 5.75 Å². The zero-order valence-electron chi connectivity index (χ0n) is 20.7. The zero-order chi connectivity index (χ0) is 26.5. The number of imidazole rings is 1. The summed E-state index contributed by atoms with van der Waals surface area (Å²) in [5.74, 6) is 0.633. The third kappa shape index (κ3) is 6.06. The average Bonchev–Trinajstić information content (AvgIpc) is 3.16. The standard InChI is InChI=1S/C28H28Cl2N4O3/c1-32(26(36)17-19-7-13-22(37-2)14-8-19)15-4-16-33-27-23(30)5-3-6-24(27)34(28(33)31)18-25(35)20-9-11-21(29)12-10-20/h3,5-14,31H,4,15-18H2,1-2H3. The number of ether oxygens (including phenoxy) is 1. The molecule has 0 radical (unpaired) electrons. The van der Waals surface area contributed by atoms with Crippen LogP contribution in [0, 0.1) is 5.41 Å². The Morgan fingerprint density at radius 3 is 2.35 bits per heavy atom. The van der Waals surface area contributed by atoms with E-state index in [4.69, 9.17) is 33.3 Å². The summed E-state index contributed by atoms with van der Waals surface area (Å²) >= 11 is 12.5. The maximum atomic E-state index is 12.9. The zero-order valence-corrected chi connectivity index (χ0v) is 22.2. The van der Waals surface area contributed by atoms with E-state index >= 15 is 0 Å². The van der Waals surface area contributed by atoms with Gasteiger partial charge in [0.05, 0.1) is 36.1 Å². The molecular weight excluding hydrogens is 511 g/mol. The molecule has 4 rings (SSSR count). The quantitative estimate of drug-likeness (QED) is 0.281. The fourth-order valence-electron chi connectivity index (χ4n) is 4.25. The first-order valence-electron chi connectivity index (χ1n) is 11.9. The lowest BCUT2D eigenvalue weighted by Gasteiger charge is -2.17. The molecule has 0 aliphatic carbocycles. The van der Waals surface area contributed by atoms with E-state index in [0.29, 0.717) is 52.6 Å². The summed E-state index contributed by atoms with van der Waals surface area (Å²) in [4.78, 5) is 27.3. The Morgan fingerprint density at radius 2 is 1.68 bits per heavy atom. The molecule has 1 amide bonds. The van der Waals surface area contributed by atoms with Crippen molar-refractivity contribution < 1.29 is 14.3 Å². The molecule has 192 valence electrons. The number of hydrogen-bond donors (Lipinski definition) is 1. The molecule has 0 aliphatic rings. The van der Waals surface area contributed by atoms with E-state index in [1.54, 1.807) is 58.5 Å². The highest BCUT2D eigenvalue weighted by atomic mass is 35.5. The van der Waals surface area contributed by atoms with Gasteiger partial charge in [-0.25, -0.2) is 0 Å². The lowest BCUT2D eigenvalue weighted by Crippen LogP contribution is -2.31. The number of Topliss-reactive ketones (excluding diaryl/α,β-unsaturated/α-hetero) is 1. The van der Waals surface area contributed by atoms with Gasteiger partial charge in [0.25, 0.3) is 0 Å². The Bertz CT molecular complexity index is 1470. The Balaban J connectivity index is 1.47. The summed E-state index contributed by atoms with van der Waals surface area (Å²) in [6, 6.07) is 19.6. The number of nitrogens with zero attached hydrogens (tertiary/aromatic N) is 3. The predicted octanol–water partition coefficient (Wildman–Crippen LogP) is 5.21. The molecule has 0 saturated carbocycles. The molecule has 1 N–H and O–H groups in total. The van der Waals surface area contributed by atoms with Gasteiger partial charge in [-0.2, -0.15) is 0 Å². The number of carbonyl (C=O) groups excluding carboxylic acids is 2. The van der Waals surface area contributed by atoms with Gasteiger partial charge < -0.3 is 18.8 Å². The first kappa shape index (κ1) is 26.5. The molecule has 4 aromatic rings. The summed E-state index contributed by atoms with van der Waals surface area (Å²) in [5, 5.41) is 9.88. The highest BCUT2D eigenvalue weighted by Gasteiger charge is 2.17. The highest BCUT2D eigenvalue weighted by Crippen LogP contribution is 2.23. The number of hydrogen-bond acceptors (Lipinski definition) is 4. The third-order valence-electron chi connectivity index (χ3n) is 6.32. The Labute approximate surface area is 225 Å². The molecule has 1 heterocycles. The van der Waals surface area contributed by atoms with E-state index in [1.807, 2.05) is 36.4 Å². The molecule has 0 bridgehead atoms. The molecule has 0 atom stereocenters. The normalized spacial score (nSPS) is 11.0. The second-order valence-electron chi connectivity index (χ2n) is 8.79. The number of likely N-dealkylation sites (N-methyl/N-ethyl adjacent to an activating group) is 1. The lowest BCUT2D eigenvalue weighted by atomic mass is 10.1. The van der Waals surface area contributed by atoms with Crippen molar-refractivity contribution in [2.45, 2.75) is 25.9 Å². The van der Waals surface area contributed by atoms with Gasteiger partial charge in [0.15, 0.2) is 5.78 Å². The summed E-state index contributed by atoms with van der Waals surface area (Å²) in [6.45, 7) is 0.994. The molecule has 9 heteroatoms. The molecule has 7 nitrogen and oxygen atoms in total. The van der Waals surface area contributed by atoms with Crippen LogP contribution in [0.4, 0.5) is 0 Å². The Kier molecular flexibility index (Phi) is 8.36. The molecule has 0 fully saturated rings. The monoisotopic (exact) mass is 538 g/mol. The van der Waals surface area contributed by atoms with E-state index in [0.717, 1.165) is 11.3 Å². The van der Waals surface area contributed by atoms with E-state index in [9.17, 15) is 9.59 Å². The fourth-order valence-corrected chi connectivity index (χ4v) is 4.64. The van der Waals surface area contributed by atoms with E-state index in [1.165, 1.54) is 0 Å². The van der Waals surface area contributed by atoms with Crippen LogP contribution in [0.25, 0.3) is 11.0 Å². The second kappa shape index (κ2) is 11.7. The van der Waals surface area contributed by atoms with Gasteiger partial charge in [-0.3, -0.25) is 15.0 Å². The second-order valence-corrected chi connectivity index (χ2v) is 9.64. The summed E-state index contributed by atoms with van der Waals surface area (Å²) in [7, 11) is 3.38. The smallest absolute Gasteiger partial charge is 0.226 e. The van der Waals surface area contributed by atoms with Crippen LogP contribution in [0.1, 0.15) is 22.3 Å². The van der Waals surface area contributed by atoms with Crippen molar-refractivity contribution in [2.24, 2.45) is 0 Å². The van der Waals surface area contributed by atoms with Gasteiger partial charge in [-0.15, -0.1) is 0 Å². The first-order chi connectivity index (χ1) is 17.8. The number of rotatable bonds is 10. The van der Waals surface area contributed by atoms with Gasteiger partial charge in [-0.05, 0) is 60.5 Å². The minimum atomic E-state index is -0.127. The number of carbonyl (C=O) groups is 2. The molecule has 3 aromatic carbocycles. The topological polar surface area (TPSA) is 80.3 Å². The number of amides is 1. The van der Waals surface area contributed by atoms with Crippen LogP contribution in [0.5, 0.6) is 5.75 Å². The number of halogens is 2. The van der Waals surface area contributed by atoms with Gasteiger partial charge in [0.2, 0.25) is 11.5 Å². The summed E-state index contributed by atoms with van der Waals surface area (Å²) in [5.41, 5.74) is 3.03. The number of nitrogens with one attached hydrogen (secondary N) is 1. The number of aryl methyl sites for hydroxylation is 1. The predicted molar refractivity (Wildman–Crippen MR) is 146 cm³/mol. The largest absolute Gasteiger partial charge is 0.497 e. The molecule has 37 heavy (non-hydrogen) atoms. The number of methoxy groups -OCH3 is 1. The Hall–Kier alpha value is -3.55. The number of para-hydroxylation sites is 1. The number of aromatic nitrogens is 2. The number of fused-ring (bicyclic) bond motifs is 1. The third-order valence-corrected chi connectivity index (χ3v) is 6.88. The fraction of sp³-hybridized carbons (Fsp3) is 0.250. The van der Waals surface area contributed by atoms with Crippen LogP contribution in [0.3, 0.4) is 0 Å². The minimum Gasteiger partial charge on any atom is -0.497 e. The van der Waals surface area contributed by atoms with Gasteiger partial charge >= 0.3 is 0 Å². The van der Waals surface area contributed by atoms with Crippen LogP contribution >= 0.6 is 23.2 Å². The van der Waals surface area contributed by atoms with E-state index in [2.05, 4.69) is 0 Å². The average molecular weight is 539 g/mol. The molecule has 0 spiro atoms. The number of ketones is 1. The van der Waals surface area contributed by atoms with Crippen LogP contribution in [-0.4, -0.2) is 46.4 Å². The van der Waals surface area contributed by atoms with Gasteiger partial charge in [0, 0.05) is 30.7 Å². The summed E-state index contributed by atoms with van der Waals surface area (Å²) < 4.78 is 8.63. The molecule has 0 aliphatic heterocycles. The van der Waals surface area contributed by atoms with Gasteiger partial charge in [-0.1, -0.05) is 41.4 Å². The molecule has 0 unspecified atom stereocenters. The first-order valence-corrected chi connectivity index (χ1v) is 12.6. The lowest BCUT2D eigenvalue weighted by molar-refractivity contribution is -0.129. The van der Waals surface area contributed by atoms with Crippen LogP contribution < -0.4 is 10.4 Å². The maximum Gasteiger partial charge on any atom is 0.226 e. The van der Waals surface area contributed by atoms with E-state index < -0.39 is 0 Å². The van der Waals surface area contributed by atoms with Crippen LogP contribution in [-0.2, 0) is 24.3 Å². The summed E-state index contributed by atoms with van der Waals surface area (Å²) in [6.07, 6.45) is 0.923. The SMILES string of the molecule is COc1ccc(CC(=O)N(C)CCCn2c(=N)n(CC(=O)c3ccc(Cl)cc3)c3cccc(Cl)c32)cc1. The number of benzene rings is 3. The van der Waals surface area contributed by atoms with Crippen molar-refractivity contribution in [1.29, 1.82) is 5.41 Å². The Morgan fingerprint density at radius 1 is 0.973 bits per heavy atom. The molecular formula is C28H28Cl2N4O3. The minimum absolute atomic E-state index is 0.00452. The molecule has 0 saturated heterocycles.